The molecular weight excluding hydrogens is 402 g/mol. The van der Waals surface area contributed by atoms with E-state index in [1.54, 1.807) is 6.20 Å². The monoisotopic (exact) mass is 429 g/mol. The minimum atomic E-state index is -0.181. The van der Waals surface area contributed by atoms with E-state index in [0.29, 0.717) is 24.6 Å². The van der Waals surface area contributed by atoms with Crippen LogP contribution in [0.15, 0.2) is 72.0 Å². The second kappa shape index (κ2) is 9.51. The molecular formula is C25H27N5O2. The molecule has 0 bridgehead atoms. The van der Waals surface area contributed by atoms with Gasteiger partial charge in [0.05, 0.1) is 6.10 Å². The topological polar surface area (TPSA) is 78.8 Å². The van der Waals surface area contributed by atoms with Crippen LogP contribution in [0.1, 0.15) is 25.0 Å². The minimum absolute atomic E-state index is 0.103. The zero-order valence-corrected chi connectivity index (χ0v) is 18.4. The van der Waals surface area contributed by atoms with Crippen molar-refractivity contribution in [3.8, 4) is 16.9 Å². The third kappa shape index (κ3) is 4.88. The highest BCUT2D eigenvalue weighted by molar-refractivity contribution is 5.91. The molecule has 0 fully saturated rings. The number of pyridine rings is 1. The molecule has 3 aromatic rings. The van der Waals surface area contributed by atoms with Gasteiger partial charge in [-0.1, -0.05) is 36.4 Å². The molecule has 1 aliphatic rings. The molecule has 1 aromatic heterocycles. The molecule has 7 nitrogen and oxygen atoms in total. The first-order valence-corrected chi connectivity index (χ1v) is 10.7. The number of nitrogens with zero attached hydrogens (tertiary/aromatic N) is 3. The van der Waals surface area contributed by atoms with E-state index < -0.39 is 0 Å². The number of anilines is 1. The number of carbonyl (C=O) groups is 1. The zero-order valence-electron chi connectivity index (χ0n) is 18.4. The highest BCUT2D eigenvalue weighted by atomic mass is 16.5. The SMILES string of the molecule is Cc1ccc(OC(C)C)cc1-c1ccnc(N2N=C(NC=O)NC2Cc2ccccc2)c1. The van der Waals surface area contributed by atoms with Crippen LogP contribution in [0.2, 0.25) is 0 Å². The van der Waals surface area contributed by atoms with Crippen molar-refractivity contribution < 1.29 is 9.53 Å². The van der Waals surface area contributed by atoms with Crippen molar-refractivity contribution in [2.24, 2.45) is 5.10 Å². The van der Waals surface area contributed by atoms with Crippen LogP contribution in [-0.2, 0) is 11.2 Å². The van der Waals surface area contributed by atoms with Crippen LogP contribution >= 0.6 is 0 Å². The fourth-order valence-corrected chi connectivity index (χ4v) is 3.71. The van der Waals surface area contributed by atoms with Gasteiger partial charge in [-0.25, -0.2) is 9.99 Å². The summed E-state index contributed by atoms with van der Waals surface area (Å²) in [7, 11) is 0. The normalized spacial score (nSPS) is 15.3. The third-order valence-electron chi connectivity index (χ3n) is 5.15. The number of carbonyl (C=O) groups excluding carboxylic acids is 1. The average Bonchev–Trinajstić information content (AvgIpc) is 3.18. The number of hydrogen-bond donors (Lipinski definition) is 2. The van der Waals surface area contributed by atoms with Crippen molar-refractivity contribution in [2.75, 3.05) is 5.01 Å². The van der Waals surface area contributed by atoms with Gasteiger partial charge in [0.15, 0.2) is 5.82 Å². The van der Waals surface area contributed by atoms with Gasteiger partial charge in [0.25, 0.3) is 0 Å². The Morgan fingerprint density at radius 1 is 1.16 bits per heavy atom. The number of nitrogens with one attached hydrogen (secondary N) is 2. The van der Waals surface area contributed by atoms with E-state index in [2.05, 4.69) is 51.9 Å². The summed E-state index contributed by atoms with van der Waals surface area (Å²) in [6, 6.07) is 20.2. The molecule has 0 radical (unpaired) electrons. The summed E-state index contributed by atoms with van der Waals surface area (Å²) in [6.07, 6.45) is 3.00. The number of aryl methyl sites for hydroxylation is 1. The Morgan fingerprint density at radius 2 is 1.97 bits per heavy atom. The number of rotatable bonds is 7. The lowest BCUT2D eigenvalue weighted by atomic mass is 10.0. The smallest absolute Gasteiger partial charge is 0.222 e. The predicted octanol–water partition coefficient (Wildman–Crippen LogP) is 3.84. The molecule has 2 heterocycles. The standard InChI is InChI=1S/C25H27N5O2/c1-17(2)32-21-10-9-18(3)22(15-21)20-11-12-26-23(14-20)30-24(28-25(29-30)27-16-31)13-19-7-5-4-6-8-19/h4-12,14-17,24H,13H2,1-3H3,(H2,27,28,29,31). The molecule has 164 valence electrons. The molecule has 4 rings (SSSR count). The molecule has 0 saturated heterocycles. The van der Waals surface area contributed by atoms with E-state index in [4.69, 9.17) is 4.74 Å². The fourth-order valence-electron chi connectivity index (χ4n) is 3.71. The van der Waals surface area contributed by atoms with Crippen LogP contribution in [0.5, 0.6) is 5.75 Å². The average molecular weight is 430 g/mol. The van der Waals surface area contributed by atoms with Gasteiger partial charge in [0, 0.05) is 12.6 Å². The number of hydrogen-bond acceptors (Lipinski definition) is 6. The largest absolute Gasteiger partial charge is 0.491 e. The van der Waals surface area contributed by atoms with Crippen LogP contribution < -0.4 is 20.4 Å². The molecule has 7 heteroatoms. The second-order valence-electron chi connectivity index (χ2n) is 7.95. The van der Waals surface area contributed by atoms with Crippen LogP contribution in [0, 0.1) is 6.92 Å². The van der Waals surface area contributed by atoms with Crippen molar-refractivity contribution in [2.45, 2.75) is 39.5 Å². The number of ether oxygens (including phenoxy) is 1. The van der Waals surface area contributed by atoms with Crippen molar-refractivity contribution in [3.05, 3.63) is 78.0 Å². The van der Waals surface area contributed by atoms with Gasteiger partial charge in [-0.2, -0.15) is 0 Å². The Hall–Kier alpha value is -3.87. The van der Waals surface area contributed by atoms with E-state index in [0.717, 1.165) is 28.0 Å². The zero-order chi connectivity index (χ0) is 22.5. The molecule has 1 unspecified atom stereocenters. The third-order valence-corrected chi connectivity index (χ3v) is 5.15. The van der Waals surface area contributed by atoms with Gasteiger partial charge >= 0.3 is 0 Å². The first-order chi connectivity index (χ1) is 15.5. The molecule has 0 spiro atoms. The van der Waals surface area contributed by atoms with Gasteiger partial charge in [-0.15, -0.1) is 5.10 Å². The van der Waals surface area contributed by atoms with E-state index in [9.17, 15) is 4.79 Å². The number of aromatic nitrogens is 1. The van der Waals surface area contributed by atoms with E-state index in [-0.39, 0.29) is 12.3 Å². The van der Waals surface area contributed by atoms with Crippen LogP contribution in [-0.4, -0.2) is 29.6 Å². The first-order valence-electron chi connectivity index (χ1n) is 10.7. The first kappa shape index (κ1) is 21.4. The van der Waals surface area contributed by atoms with Crippen LogP contribution in [0.25, 0.3) is 11.1 Å². The van der Waals surface area contributed by atoms with Gasteiger partial charge < -0.3 is 10.1 Å². The Bertz CT molecular complexity index is 1110. The maximum Gasteiger partial charge on any atom is 0.222 e. The van der Waals surface area contributed by atoms with Gasteiger partial charge in [0.1, 0.15) is 11.9 Å². The number of hydrazone groups is 1. The lowest BCUT2D eigenvalue weighted by Gasteiger charge is -2.23. The summed E-state index contributed by atoms with van der Waals surface area (Å²) >= 11 is 0. The quantitative estimate of drug-likeness (QED) is 0.558. The number of benzene rings is 2. The van der Waals surface area contributed by atoms with Crippen molar-refractivity contribution in [1.82, 2.24) is 15.6 Å². The number of amides is 1. The Labute approximate surface area is 188 Å². The van der Waals surface area contributed by atoms with Crippen molar-refractivity contribution in [3.63, 3.8) is 0 Å². The van der Waals surface area contributed by atoms with Crippen molar-refractivity contribution in [1.29, 1.82) is 0 Å². The van der Waals surface area contributed by atoms with E-state index >= 15 is 0 Å². The highest BCUT2D eigenvalue weighted by Gasteiger charge is 2.28. The Balaban J connectivity index is 1.66. The fraction of sp³-hybridized carbons (Fsp3) is 0.240. The molecule has 2 N–H and O–H groups in total. The lowest BCUT2D eigenvalue weighted by Crippen LogP contribution is -2.43. The molecule has 1 atom stereocenters. The lowest BCUT2D eigenvalue weighted by molar-refractivity contribution is -0.108. The van der Waals surface area contributed by atoms with Crippen LogP contribution in [0.3, 0.4) is 0 Å². The molecule has 0 saturated carbocycles. The summed E-state index contributed by atoms with van der Waals surface area (Å²) in [5.41, 5.74) is 4.40. The molecule has 2 aromatic carbocycles. The summed E-state index contributed by atoms with van der Waals surface area (Å²) in [4.78, 5) is 15.5. The maximum atomic E-state index is 11.0. The maximum absolute atomic E-state index is 11.0. The summed E-state index contributed by atoms with van der Waals surface area (Å²) in [5, 5.41) is 12.2. The van der Waals surface area contributed by atoms with E-state index in [1.807, 2.05) is 55.3 Å². The Morgan fingerprint density at radius 3 is 2.72 bits per heavy atom. The molecule has 1 aliphatic heterocycles. The molecule has 0 aliphatic carbocycles. The summed E-state index contributed by atoms with van der Waals surface area (Å²) in [5.74, 6) is 1.92. The summed E-state index contributed by atoms with van der Waals surface area (Å²) < 4.78 is 5.89. The van der Waals surface area contributed by atoms with Crippen LogP contribution in [0.4, 0.5) is 5.82 Å². The van der Waals surface area contributed by atoms with Gasteiger partial charge in [-0.05, 0) is 67.3 Å². The van der Waals surface area contributed by atoms with Gasteiger partial charge in [-0.3, -0.25) is 10.1 Å². The second-order valence-corrected chi connectivity index (χ2v) is 7.95. The highest BCUT2D eigenvalue weighted by Crippen LogP contribution is 2.31. The van der Waals surface area contributed by atoms with E-state index in [1.165, 1.54) is 0 Å². The minimum Gasteiger partial charge on any atom is -0.491 e. The Kier molecular flexibility index (Phi) is 6.35. The summed E-state index contributed by atoms with van der Waals surface area (Å²) in [6.45, 7) is 6.11. The van der Waals surface area contributed by atoms with Crippen molar-refractivity contribution >= 4 is 18.2 Å². The molecule has 1 amide bonds. The predicted molar refractivity (Wildman–Crippen MR) is 126 cm³/mol. The molecule has 32 heavy (non-hydrogen) atoms. The number of guanidine groups is 1. The van der Waals surface area contributed by atoms with Gasteiger partial charge in [0.2, 0.25) is 12.4 Å².